The van der Waals surface area contributed by atoms with E-state index in [1.807, 2.05) is 0 Å². The SMILES string of the molecule is Cl.Cl.Cl.O=P([O-])([O-])O.[Ca+2]. The van der Waals surface area contributed by atoms with E-state index in [0.717, 1.165) is 0 Å². The summed E-state index contributed by atoms with van der Waals surface area (Å²) in [5.74, 6) is 0. The van der Waals surface area contributed by atoms with Gasteiger partial charge in [-0.2, -0.15) is 0 Å². The molecule has 0 aliphatic heterocycles. The largest absolute Gasteiger partial charge is 2.00 e. The molecule has 0 heterocycles. The molecule has 4 nitrogen and oxygen atoms in total. The van der Waals surface area contributed by atoms with Crippen LogP contribution in [0.1, 0.15) is 0 Å². The first-order valence-electron chi connectivity index (χ1n) is 0.748. The molecule has 0 aliphatic carbocycles. The zero-order valence-electron chi connectivity index (χ0n) is 4.05. The topological polar surface area (TPSA) is 83.4 Å². The summed E-state index contributed by atoms with van der Waals surface area (Å²) in [5.41, 5.74) is 0. The Morgan fingerprint density at radius 3 is 1.11 bits per heavy atom. The van der Waals surface area contributed by atoms with E-state index >= 15 is 0 Å². The first-order chi connectivity index (χ1) is 2.00. The Morgan fingerprint density at radius 1 is 1.11 bits per heavy atom. The van der Waals surface area contributed by atoms with E-state index in [1.165, 1.54) is 0 Å². The number of phosphoric acid groups is 1. The van der Waals surface area contributed by atoms with Crippen molar-refractivity contribution in [3.63, 3.8) is 0 Å². The number of rotatable bonds is 0. The van der Waals surface area contributed by atoms with Crippen molar-refractivity contribution in [2.75, 3.05) is 0 Å². The van der Waals surface area contributed by atoms with Crippen LogP contribution in [0, 0.1) is 0 Å². The summed E-state index contributed by atoms with van der Waals surface area (Å²) < 4.78 is 8.66. The van der Waals surface area contributed by atoms with Crippen molar-refractivity contribution in [2.45, 2.75) is 0 Å². The van der Waals surface area contributed by atoms with Crippen molar-refractivity contribution < 1.29 is 19.2 Å². The Labute approximate surface area is 101 Å². The monoisotopic (exact) mass is 244 g/mol. The van der Waals surface area contributed by atoms with E-state index in [0.29, 0.717) is 0 Å². The Morgan fingerprint density at radius 2 is 1.11 bits per heavy atom. The summed E-state index contributed by atoms with van der Waals surface area (Å²) in [5, 5.41) is 0. The molecule has 0 rings (SSSR count). The molecule has 0 aliphatic rings. The fourth-order valence-corrected chi connectivity index (χ4v) is 0. The van der Waals surface area contributed by atoms with Gasteiger partial charge < -0.3 is 19.2 Å². The van der Waals surface area contributed by atoms with Crippen molar-refractivity contribution in [3.05, 3.63) is 0 Å². The molecule has 9 heteroatoms. The fourth-order valence-electron chi connectivity index (χ4n) is 0. The van der Waals surface area contributed by atoms with Crippen molar-refractivity contribution in [3.8, 4) is 0 Å². The number of halogens is 3. The summed E-state index contributed by atoms with van der Waals surface area (Å²) >= 11 is 0. The van der Waals surface area contributed by atoms with Crippen molar-refractivity contribution in [1.29, 1.82) is 0 Å². The molecule has 0 unspecified atom stereocenters. The minimum Gasteiger partial charge on any atom is -0.790 e. The van der Waals surface area contributed by atoms with E-state index in [-0.39, 0.29) is 75.0 Å². The van der Waals surface area contributed by atoms with Crippen LogP contribution in [0.25, 0.3) is 0 Å². The van der Waals surface area contributed by atoms with Gasteiger partial charge in [-0.1, -0.05) is 0 Å². The molecule has 0 atom stereocenters. The molecule has 0 saturated carbocycles. The molecular formula is H4CaCl3O4P. The quantitative estimate of drug-likeness (QED) is 0.424. The number of hydrogen-bond acceptors (Lipinski definition) is 3. The van der Waals surface area contributed by atoms with E-state index in [9.17, 15) is 0 Å². The van der Waals surface area contributed by atoms with Crippen LogP contribution in [0.3, 0.4) is 0 Å². The average molecular weight is 245 g/mol. The average Bonchev–Trinajstić information content (AvgIpc) is 0.722. The van der Waals surface area contributed by atoms with Crippen LogP contribution in [0.5, 0.6) is 0 Å². The van der Waals surface area contributed by atoms with Crippen LogP contribution >= 0.6 is 45.0 Å². The Bertz CT molecular complexity index is 61.9. The van der Waals surface area contributed by atoms with Crippen molar-refractivity contribution in [1.82, 2.24) is 0 Å². The normalized spacial score (nSPS) is 6.56. The van der Waals surface area contributed by atoms with Crippen LogP contribution < -0.4 is 9.79 Å². The zero-order valence-corrected chi connectivity index (χ0v) is 9.60. The number of hydrogen-bond donors (Lipinski definition) is 1. The van der Waals surface area contributed by atoms with Gasteiger partial charge in [0.1, 0.15) is 0 Å². The van der Waals surface area contributed by atoms with Gasteiger partial charge in [0, 0.05) is 0 Å². The summed E-state index contributed by atoms with van der Waals surface area (Å²) in [7, 11) is -5.14. The van der Waals surface area contributed by atoms with Gasteiger partial charge in [-0.15, -0.1) is 37.2 Å². The second kappa shape index (κ2) is 12.9. The molecule has 0 aromatic heterocycles. The molecule has 0 spiro atoms. The predicted molar refractivity (Wildman–Crippen MR) is 37.3 cm³/mol. The van der Waals surface area contributed by atoms with Crippen LogP contribution in [0.4, 0.5) is 0 Å². The van der Waals surface area contributed by atoms with Crippen molar-refractivity contribution in [2.24, 2.45) is 0 Å². The fraction of sp³-hybridized carbons (Fsp3) is 0. The Balaban J connectivity index is -0.0000000133. The molecule has 1 N–H and O–H groups in total. The zero-order chi connectivity index (χ0) is 4.50. The summed E-state index contributed by atoms with van der Waals surface area (Å²) in [4.78, 5) is 24.3. The van der Waals surface area contributed by atoms with Crippen LogP contribution in [0.2, 0.25) is 0 Å². The van der Waals surface area contributed by atoms with Crippen LogP contribution in [-0.2, 0) is 4.57 Å². The molecular weight excluding hydrogens is 241 g/mol. The molecule has 0 bridgehead atoms. The minimum absolute atomic E-state index is 0. The first-order valence-corrected chi connectivity index (χ1v) is 2.24. The van der Waals surface area contributed by atoms with Gasteiger partial charge in [0.25, 0.3) is 0 Å². The smallest absolute Gasteiger partial charge is 0.790 e. The third-order valence-electron chi connectivity index (χ3n) is 0. The van der Waals surface area contributed by atoms with Gasteiger partial charge in [0.2, 0.25) is 0 Å². The third-order valence-corrected chi connectivity index (χ3v) is 0. The molecule has 0 radical (unpaired) electrons. The molecule has 9 heavy (non-hydrogen) atoms. The van der Waals surface area contributed by atoms with E-state index in [4.69, 9.17) is 19.2 Å². The van der Waals surface area contributed by atoms with E-state index in [2.05, 4.69) is 0 Å². The van der Waals surface area contributed by atoms with E-state index in [1.54, 1.807) is 0 Å². The molecule has 0 amide bonds. The summed E-state index contributed by atoms with van der Waals surface area (Å²) in [6.45, 7) is 0. The van der Waals surface area contributed by atoms with Gasteiger partial charge in [0.15, 0.2) is 0 Å². The maximum atomic E-state index is 8.66. The van der Waals surface area contributed by atoms with Gasteiger partial charge in [-0.25, -0.2) is 0 Å². The van der Waals surface area contributed by atoms with E-state index < -0.39 is 7.82 Å². The molecule has 0 saturated heterocycles. The standard InChI is InChI=1S/Ca.3ClH.H3O4P/c;;;;1-5(2,3)4/h;3*1H;(H3,1,2,3,4)/q+2;;;;/p-2. The Kier molecular flexibility index (Phi) is 43.3. The maximum Gasteiger partial charge on any atom is 2.00 e. The summed E-state index contributed by atoms with van der Waals surface area (Å²) in [6.07, 6.45) is 0. The second-order valence-corrected chi connectivity index (χ2v) is 1.41. The minimum atomic E-state index is -5.14. The Hall–Kier alpha value is 2.24. The molecule has 0 aromatic carbocycles. The van der Waals surface area contributed by atoms with Gasteiger partial charge in [-0.3, -0.25) is 0 Å². The second-order valence-electron chi connectivity index (χ2n) is 0.469. The van der Waals surface area contributed by atoms with Gasteiger partial charge in [-0.05, 0) is 0 Å². The van der Waals surface area contributed by atoms with Gasteiger partial charge in [0.05, 0.1) is 7.82 Å². The van der Waals surface area contributed by atoms with Crippen molar-refractivity contribution >= 4 is 82.8 Å². The third kappa shape index (κ3) is 139. The molecule has 0 fully saturated rings. The molecule has 0 aromatic rings. The maximum absolute atomic E-state index is 8.66. The predicted octanol–water partition coefficient (Wildman–Crippen LogP) is -1.31. The molecule has 56 valence electrons. The van der Waals surface area contributed by atoms with Crippen LogP contribution in [0.15, 0.2) is 0 Å². The van der Waals surface area contributed by atoms with Crippen LogP contribution in [-0.4, -0.2) is 42.6 Å². The summed E-state index contributed by atoms with van der Waals surface area (Å²) in [6, 6.07) is 0. The first kappa shape index (κ1) is 30.3. The van der Waals surface area contributed by atoms with Gasteiger partial charge >= 0.3 is 37.7 Å².